The first-order valence-corrected chi connectivity index (χ1v) is 9.66. The lowest BCUT2D eigenvalue weighted by Crippen LogP contribution is -2.69. The molecule has 2 fully saturated rings. The van der Waals surface area contributed by atoms with E-state index in [9.17, 15) is 9.90 Å². The molecule has 0 spiro atoms. The van der Waals surface area contributed by atoms with Crippen LogP contribution in [0.3, 0.4) is 0 Å². The van der Waals surface area contributed by atoms with Gasteiger partial charge in [-0.25, -0.2) is 0 Å². The maximum Gasteiger partial charge on any atom is 0.223 e. The van der Waals surface area contributed by atoms with Gasteiger partial charge in [0.1, 0.15) is 30.1 Å². The number of fused-ring (bicyclic) bond motifs is 1. The van der Waals surface area contributed by atoms with Gasteiger partial charge in [0.15, 0.2) is 5.79 Å². The normalized spacial score (nSPS) is 32.3. The van der Waals surface area contributed by atoms with Crippen molar-refractivity contribution in [2.75, 3.05) is 6.61 Å². The van der Waals surface area contributed by atoms with Crippen LogP contribution in [0, 0.1) is 0 Å². The number of carbonyl (C=O) groups is 1. The number of benzene rings is 1. The van der Waals surface area contributed by atoms with E-state index in [1.54, 1.807) is 13.8 Å². The third kappa shape index (κ3) is 4.66. The molecule has 28 heavy (non-hydrogen) atoms. The number of hydrogen-bond donors (Lipinski definition) is 2. The summed E-state index contributed by atoms with van der Waals surface area (Å²) in [5, 5.41) is 13.6. The van der Waals surface area contributed by atoms with Crippen LogP contribution >= 0.6 is 0 Å². The minimum atomic E-state index is -0.996. The maximum absolute atomic E-state index is 11.7. The minimum absolute atomic E-state index is 0.0333. The lowest BCUT2D eigenvalue weighted by molar-refractivity contribution is -0.361. The average Bonchev–Trinajstić information content (AvgIpc) is 2.58. The number of hydrogen-bond acceptors (Lipinski definition) is 6. The lowest BCUT2D eigenvalue weighted by Gasteiger charge is -2.49. The molecule has 1 aromatic carbocycles. The van der Waals surface area contributed by atoms with Crippen LogP contribution < -0.4 is 10.1 Å². The molecule has 2 aliphatic rings. The van der Waals surface area contributed by atoms with Crippen LogP contribution in [0.15, 0.2) is 24.3 Å². The monoisotopic (exact) mass is 393 g/mol. The van der Waals surface area contributed by atoms with Crippen LogP contribution in [-0.2, 0) is 24.4 Å². The highest BCUT2D eigenvalue weighted by atomic mass is 16.8. The Balaban J connectivity index is 1.79. The maximum atomic E-state index is 11.7. The predicted molar refractivity (Wildman–Crippen MR) is 103 cm³/mol. The predicted octanol–water partition coefficient (Wildman–Crippen LogP) is 2.10. The van der Waals surface area contributed by atoms with Crippen molar-refractivity contribution in [3.8, 4) is 5.75 Å². The molecule has 0 aromatic heterocycles. The van der Waals surface area contributed by atoms with Crippen molar-refractivity contribution in [1.29, 1.82) is 0 Å². The number of nitrogens with one attached hydrogen (secondary N) is 1. The summed E-state index contributed by atoms with van der Waals surface area (Å²) in [5.74, 6) is -0.519. The van der Waals surface area contributed by atoms with Crippen molar-refractivity contribution < 1.29 is 28.8 Å². The van der Waals surface area contributed by atoms with Crippen LogP contribution in [0.25, 0.3) is 0 Å². The molecular formula is C21H31NO6. The molecule has 0 bridgehead atoms. The zero-order valence-electron chi connectivity index (χ0n) is 17.4. The van der Waals surface area contributed by atoms with E-state index < -0.39 is 36.4 Å². The number of carbonyl (C=O) groups excluding carboxylic acids is 1. The van der Waals surface area contributed by atoms with E-state index >= 15 is 0 Å². The van der Waals surface area contributed by atoms with Crippen molar-refractivity contribution >= 4 is 5.91 Å². The second-order valence-corrected chi connectivity index (χ2v) is 8.95. The van der Waals surface area contributed by atoms with Gasteiger partial charge in [-0.2, -0.15) is 0 Å². The molecule has 2 heterocycles. The van der Waals surface area contributed by atoms with Crippen LogP contribution in [0.4, 0.5) is 0 Å². The number of ether oxygens (including phenoxy) is 4. The van der Waals surface area contributed by atoms with Crippen LogP contribution in [0.2, 0.25) is 0 Å². The fourth-order valence-electron chi connectivity index (χ4n) is 3.50. The highest BCUT2D eigenvalue weighted by molar-refractivity contribution is 5.73. The number of aliphatic hydroxyl groups excluding tert-OH is 1. The van der Waals surface area contributed by atoms with Crippen molar-refractivity contribution in [2.24, 2.45) is 0 Å². The van der Waals surface area contributed by atoms with E-state index in [-0.39, 0.29) is 17.9 Å². The largest absolute Gasteiger partial charge is 0.463 e. The van der Waals surface area contributed by atoms with Gasteiger partial charge < -0.3 is 29.4 Å². The first-order chi connectivity index (χ1) is 13.0. The third-order valence-electron chi connectivity index (χ3n) is 5.03. The van der Waals surface area contributed by atoms with Gasteiger partial charge in [-0.15, -0.1) is 0 Å². The fraction of sp³-hybridized carbons (Fsp3) is 0.667. The smallest absolute Gasteiger partial charge is 0.223 e. The van der Waals surface area contributed by atoms with Crippen molar-refractivity contribution in [1.82, 2.24) is 5.32 Å². The molecule has 156 valence electrons. The first kappa shape index (κ1) is 21.0. The third-order valence-corrected chi connectivity index (χ3v) is 5.03. The summed E-state index contributed by atoms with van der Waals surface area (Å²) < 4.78 is 23.5. The summed E-state index contributed by atoms with van der Waals surface area (Å²) in [6.07, 6.45) is -2.98. The highest BCUT2D eigenvalue weighted by Crippen LogP contribution is 2.33. The zero-order chi connectivity index (χ0) is 20.7. The van der Waals surface area contributed by atoms with Crippen molar-refractivity contribution in [3.05, 3.63) is 29.8 Å². The molecule has 0 radical (unpaired) electrons. The first-order valence-electron chi connectivity index (χ1n) is 9.66. The second-order valence-electron chi connectivity index (χ2n) is 8.95. The van der Waals surface area contributed by atoms with Gasteiger partial charge in [-0.05, 0) is 37.0 Å². The SMILES string of the molecule is CC(=O)N[C@H]1[C@H](Oc2ccc(C(C)(C)C)cc2)O[C@@H]2COC(C)(C)O[C@H]2[C@@H]1O. The molecule has 2 saturated heterocycles. The Kier molecular flexibility index (Phi) is 5.74. The molecule has 1 amide bonds. The van der Waals surface area contributed by atoms with Crippen LogP contribution in [0.5, 0.6) is 5.75 Å². The second kappa shape index (κ2) is 7.63. The summed E-state index contributed by atoms with van der Waals surface area (Å²) in [4.78, 5) is 11.7. The summed E-state index contributed by atoms with van der Waals surface area (Å²) in [7, 11) is 0. The minimum Gasteiger partial charge on any atom is -0.463 e. The molecule has 0 aliphatic carbocycles. The number of rotatable bonds is 3. The van der Waals surface area contributed by atoms with E-state index in [4.69, 9.17) is 18.9 Å². The summed E-state index contributed by atoms with van der Waals surface area (Å²) in [6.45, 7) is 11.6. The summed E-state index contributed by atoms with van der Waals surface area (Å²) in [6, 6.07) is 6.96. The molecule has 0 unspecified atom stereocenters. The number of aliphatic hydroxyl groups is 1. The quantitative estimate of drug-likeness (QED) is 0.818. The van der Waals surface area contributed by atoms with E-state index in [1.807, 2.05) is 24.3 Å². The Morgan fingerprint density at radius 1 is 1.25 bits per heavy atom. The molecule has 3 rings (SSSR count). The summed E-state index contributed by atoms with van der Waals surface area (Å²) >= 11 is 0. The average molecular weight is 393 g/mol. The fourth-order valence-corrected chi connectivity index (χ4v) is 3.50. The highest BCUT2D eigenvalue weighted by Gasteiger charge is 2.52. The zero-order valence-corrected chi connectivity index (χ0v) is 17.4. The van der Waals surface area contributed by atoms with Gasteiger partial charge >= 0.3 is 0 Å². The van der Waals surface area contributed by atoms with Crippen molar-refractivity contribution in [2.45, 2.75) is 83.4 Å². The standard InChI is InChI=1S/C21H31NO6/c1-12(23)22-16-17(24)18-15(11-25-21(5,6)28-18)27-19(16)26-14-9-7-13(8-10-14)20(2,3)4/h7-10,15-19,24H,11H2,1-6H3,(H,22,23)/t15-,16-,17-,18-,19-/m1/s1. The molecule has 5 atom stereocenters. The van der Waals surface area contributed by atoms with E-state index in [1.165, 1.54) is 12.5 Å². The molecule has 1 aromatic rings. The topological polar surface area (TPSA) is 86.3 Å². The van der Waals surface area contributed by atoms with Gasteiger partial charge in [0, 0.05) is 6.92 Å². The Hall–Kier alpha value is -1.67. The van der Waals surface area contributed by atoms with E-state index in [0.29, 0.717) is 5.75 Å². The van der Waals surface area contributed by atoms with Gasteiger partial charge in [0.25, 0.3) is 0 Å². The molecule has 2 N–H and O–H groups in total. The molecule has 7 nitrogen and oxygen atoms in total. The van der Waals surface area contributed by atoms with Crippen LogP contribution in [0.1, 0.15) is 47.1 Å². The number of amides is 1. The summed E-state index contributed by atoms with van der Waals surface area (Å²) in [5.41, 5.74) is 1.21. The molecular weight excluding hydrogens is 362 g/mol. The molecule has 0 saturated carbocycles. The van der Waals surface area contributed by atoms with Gasteiger partial charge in [0.2, 0.25) is 12.2 Å². The van der Waals surface area contributed by atoms with E-state index in [2.05, 4.69) is 26.1 Å². The Bertz CT molecular complexity index is 696. The Morgan fingerprint density at radius 2 is 1.89 bits per heavy atom. The van der Waals surface area contributed by atoms with Gasteiger partial charge in [-0.3, -0.25) is 4.79 Å². The molecule has 2 aliphatic heterocycles. The van der Waals surface area contributed by atoms with Crippen molar-refractivity contribution in [3.63, 3.8) is 0 Å². The van der Waals surface area contributed by atoms with Gasteiger partial charge in [-0.1, -0.05) is 32.9 Å². The van der Waals surface area contributed by atoms with Crippen LogP contribution in [-0.4, -0.2) is 54.1 Å². The lowest BCUT2D eigenvalue weighted by atomic mass is 9.87. The van der Waals surface area contributed by atoms with Gasteiger partial charge in [0.05, 0.1) is 6.61 Å². The Labute approximate surface area is 166 Å². The van der Waals surface area contributed by atoms with E-state index in [0.717, 1.165) is 0 Å². The Morgan fingerprint density at radius 3 is 2.46 bits per heavy atom. The molecule has 7 heteroatoms.